The van der Waals surface area contributed by atoms with E-state index >= 15 is 0 Å². The lowest BCUT2D eigenvalue weighted by atomic mass is 10.1. The van der Waals surface area contributed by atoms with Gasteiger partial charge in [0.05, 0.1) is 0 Å². The van der Waals surface area contributed by atoms with Crippen LogP contribution in [0.3, 0.4) is 0 Å². The Hall–Kier alpha value is 0. The van der Waals surface area contributed by atoms with Gasteiger partial charge in [-0.05, 0) is 17.3 Å². The molecule has 0 nitrogen and oxygen atoms in total. The molecule has 0 aliphatic heterocycles. The smallest absolute Gasteiger partial charge is 0.0295 e. The third kappa shape index (κ3) is 2.50. The van der Waals surface area contributed by atoms with E-state index in [4.69, 9.17) is 0 Å². The van der Waals surface area contributed by atoms with E-state index in [0.717, 1.165) is 11.8 Å². The Balaban J connectivity index is -0.000000213. The van der Waals surface area contributed by atoms with Gasteiger partial charge in [0, 0.05) is 0 Å². The molecule has 1 aliphatic carbocycles. The largest absolute Gasteiger partial charge is 0.0776 e. The van der Waals surface area contributed by atoms with Gasteiger partial charge >= 0.3 is 0 Å². The lowest BCUT2D eigenvalue weighted by Gasteiger charge is -1.96. The van der Waals surface area contributed by atoms with Crippen LogP contribution in [0.1, 0.15) is 56.4 Å². The minimum absolute atomic E-state index is 0. The molecule has 1 saturated carbocycles. The minimum Gasteiger partial charge on any atom is -0.0776 e. The molecule has 0 aromatic rings. The molecule has 0 radical (unpaired) electrons. The zero-order valence-electron chi connectivity index (χ0n) is 6.36. The van der Waals surface area contributed by atoms with Crippen LogP contribution in [0.5, 0.6) is 0 Å². The summed E-state index contributed by atoms with van der Waals surface area (Å²) in [6, 6.07) is 0. The zero-order valence-corrected chi connectivity index (χ0v) is 6.36. The Bertz CT molecular complexity index is 92.2. The third-order valence-electron chi connectivity index (χ3n) is 3.06. The first kappa shape index (κ1) is 17.2. The highest BCUT2D eigenvalue weighted by atomic mass is 14.6. The fourth-order valence-corrected chi connectivity index (χ4v) is 1.90. The highest BCUT2D eigenvalue weighted by Gasteiger charge is 2.52. The quantitative estimate of drug-likeness (QED) is 0.526. The summed E-state index contributed by atoms with van der Waals surface area (Å²) in [5.41, 5.74) is 0.675. The molecule has 0 amide bonds. The van der Waals surface area contributed by atoms with Crippen LogP contribution in [0.25, 0.3) is 0 Å². The van der Waals surface area contributed by atoms with Crippen molar-refractivity contribution in [1.29, 1.82) is 0 Å². The van der Waals surface area contributed by atoms with Crippen molar-refractivity contribution in [3.05, 3.63) is 0 Å². The van der Waals surface area contributed by atoms with Crippen molar-refractivity contribution in [2.75, 3.05) is 0 Å². The SMILES string of the molecule is C.C.C.CCC1C(C)C1(C)C. The molecule has 0 heterocycles. The molecule has 72 valence electrons. The topological polar surface area (TPSA) is 0 Å². The maximum Gasteiger partial charge on any atom is -0.0295 e. The van der Waals surface area contributed by atoms with Crippen molar-refractivity contribution < 1.29 is 0 Å². The molecular weight excluding hydrogens is 132 g/mol. The molecule has 0 saturated heterocycles. The lowest BCUT2D eigenvalue weighted by molar-refractivity contribution is 0.537. The summed E-state index contributed by atoms with van der Waals surface area (Å²) >= 11 is 0. The van der Waals surface area contributed by atoms with Crippen LogP contribution in [-0.4, -0.2) is 0 Å². The standard InChI is InChI=1S/C8H16.3CH4/c1-5-7-6(2)8(7,3)4;;;/h6-7H,5H2,1-4H3;3*1H4. The first-order valence-electron chi connectivity index (χ1n) is 3.60. The number of hydrogen-bond acceptors (Lipinski definition) is 0. The van der Waals surface area contributed by atoms with Gasteiger partial charge in [-0.1, -0.05) is 56.4 Å². The van der Waals surface area contributed by atoms with E-state index in [1.165, 1.54) is 6.42 Å². The molecule has 1 aliphatic rings. The summed E-state index contributed by atoms with van der Waals surface area (Å²) in [7, 11) is 0. The van der Waals surface area contributed by atoms with Crippen molar-refractivity contribution >= 4 is 0 Å². The van der Waals surface area contributed by atoms with Gasteiger partial charge in [-0.25, -0.2) is 0 Å². The second kappa shape index (κ2) is 4.79. The van der Waals surface area contributed by atoms with E-state index in [-0.39, 0.29) is 22.3 Å². The lowest BCUT2D eigenvalue weighted by Crippen LogP contribution is -1.87. The van der Waals surface area contributed by atoms with E-state index in [2.05, 4.69) is 27.7 Å². The predicted octanol–water partition coefficient (Wildman–Crippen LogP) is 4.60. The van der Waals surface area contributed by atoms with Gasteiger partial charge in [-0.2, -0.15) is 0 Å². The van der Waals surface area contributed by atoms with E-state index < -0.39 is 0 Å². The van der Waals surface area contributed by atoms with E-state index in [0.29, 0.717) is 5.41 Å². The summed E-state index contributed by atoms with van der Waals surface area (Å²) in [5, 5.41) is 0. The van der Waals surface area contributed by atoms with Crippen LogP contribution in [0, 0.1) is 17.3 Å². The number of hydrogen-bond donors (Lipinski definition) is 0. The molecule has 0 bridgehead atoms. The van der Waals surface area contributed by atoms with Crippen LogP contribution in [0.2, 0.25) is 0 Å². The highest BCUT2D eigenvalue weighted by Crippen LogP contribution is 2.59. The van der Waals surface area contributed by atoms with Crippen LogP contribution in [0.4, 0.5) is 0 Å². The molecule has 11 heavy (non-hydrogen) atoms. The Morgan fingerprint density at radius 2 is 1.36 bits per heavy atom. The summed E-state index contributed by atoms with van der Waals surface area (Å²) in [4.78, 5) is 0. The molecule has 2 unspecified atom stereocenters. The molecule has 2 atom stereocenters. The van der Waals surface area contributed by atoms with E-state index in [9.17, 15) is 0 Å². The second-order valence-electron chi connectivity index (χ2n) is 3.62. The van der Waals surface area contributed by atoms with Gasteiger partial charge in [0.15, 0.2) is 0 Å². The van der Waals surface area contributed by atoms with Gasteiger partial charge < -0.3 is 0 Å². The van der Waals surface area contributed by atoms with Crippen molar-refractivity contribution in [2.45, 2.75) is 56.4 Å². The molecule has 0 aromatic carbocycles. The first-order chi connectivity index (χ1) is 3.60. The van der Waals surface area contributed by atoms with Gasteiger partial charge in [0.2, 0.25) is 0 Å². The average Bonchev–Trinajstić information content (AvgIpc) is 2.09. The summed E-state index contributed by atoms with van der Waals surface area (Å²) < 4.78 is 0. The molecular formula is C11H28. The van der Waals surface area contributed by atoms with Crippen LogP contribution < -0.4 is 0 Å². The van der Waals surface area contributed by atoms with Crippen molar-refractivity contribution in [3.63, 3.8) is 0 Å². The fraction of sp³-hybridized carbons (Fsp3) is 1.00. The van der Waals surface area contributed by atoms with Gasteiger partial charge in [0.1, 0.15) is 0 Å². The normalized spacial score (nSPS) is 30.5. The van der Waals surface area contributed by atoms with E-state index in [1.807, 2.05) is 0 Å². The second-order valence-corrected chi connectivity index (χ2v) is 3.62. The molecule has 1 fully saturated rings. The number of rotatable bonds is 1. The van der Waals surface area contributed by atoms with Crippen molar-refractivity contribution in [3.8, 4) is 0 Å². The van der Waals surface area contributed by atoms with Gasteiger partial charge in [0.25, 0.3) is 0 Å². The minimum atomic E-state index is 0. The molecule has 0 aromatic heterocycles. The summed E-state index contributed by atoms with van der Waals surface area (Å²) in [6.07, 6.45) is 1.37. The monoisotopic (exact) mass is 160 g/mol. The Labute approximate surface area is 74.4 Å². The Kier molecular flexibility index (Phi) is 7.49. The maximum atomic E-state index is 2.37. The Morgan fingerprint density at radius 3 is 1.36 bits per heavy atom. The van der Waals surface area contributed by atoms with Crippen LogP contribution in [-0.2, 0) is 0 Å². The molecule has 0 spiro atoms. The fourth-order valence-electron chi connectivity index (χ4n) is 1.90. The van der Waals surface area contributed by atoms with Crippen LogP contribution >= 0.6 is 0 Å². The van der Waals surface area contributed by atoms with Crippen molar-refractivity contribution in [1.82, 2.24) is 0 Å². The molecule has 0 N–H and O–H groups in total. The Morgan fingerprint density at radius 1 is 1.09 bits per heavy atom. The molecule has 0 heteroatoms. The summed E-state index contributed by atoms with van der Waals surface area (Å²) in [5.74, 6) is 2.00. The van der Waals surface area contributed by atoms with Gasteiger partial charge in [-0.3, -0.25) is 0 Å². The predicted molar refractivity (Wildman–Crippen MR) is 56.9 cm³/mol. The van der Waals surface area contributed by atoms with Crippen molar-refractivity contribution in [2.24, 2.45) is 17.3 Å². The third-order valence-corrected chi connectivity index (χ3v) is 3.06. The van der Waals surface area contributed by atoms with Crippen LogP contribution in [0.15, 0.2) is 0 Å². The van der Waals surface area contributed by atoms with Gasteiger partial charge in [-0.15, -0.1) is 0 Å². The highest BCUT2D eigenvalue weighted by molar-refractivity contribution is 5.01. The maximum absolute atomic E-state index is 2.37. The van der Waals surface area contributed by atoms with E-state index in [1.54, 1.807) is 0 Å². The molecule has 1 rings (SSSR count). The summed E-state index contributed by atoms with van der Waals surface area (Å²) in [6.45, 7) is 9.38. The average molecular weight is 160 g/mol. The first-order valence-corrected chi connectivity index (χ1v) is 3.60. The zero-order chi connectivity index (χ0) is 6.36.